The highest BCUT2D eigenvalue weighted by molar-refractivity contribution is 7.89. The van der Waals surface area contributed by atoms with Crippen LogP contribution in [0, 0.1) is 10.1 Å². The third kappa shape index (κ3) is 6.21. The van der Waals surface area contributed by atoms with E-state index in [4.69, 9.17) is 9.47 Å². The summed E-state index contributed by atoms with van der Waals surface area (Å²) in [5, 5.41) is 15.7. The normalized spacial score (nSPS) is 14.6. The molecule has 4 rings (SSSR count). The number of nitro groups is 1. The Morgan fingerprint density at radius 2 is 1.83 bits per heavy atom. The van der Waals surface area contributed by atoms with Gasteiger partial charge >= 0.3 is 0 Å². The van der Waals surface area contributed by atoms with Crippen LogP contribution >= 0.6 is 0 Å². The zero-order valence-corrected chi connectivity index (χ0v) is 19.6. The summed E-state index contributed by atoms with van der Waals surface area (Å²) in [6.45, 7) is 1.40. The molecule has 0 unspecified atom stereocenters. The van der Waals surface area contributed by atoms with Gasteiger partial charge in [-0.2, -0.15) is 9.41 Å². The highest BCUT2D eigenvalue weighted by Crippen LogP contribution is 2.29. The van der Waals surface area contributed by atoms with Gasteiger partial charge in [-0.15, -0.1) is 0 Å². The van der Waals surface area contributed by atoms with Crippen LogP contribution in [0.1, 0.15) is 11.1 Å². The van der Waals surface area contributed by atoms with E-state index in [0.29, 0.717) is 12.4 Å². The average molecular weight is 497 g/mol. The van der Waals surface area contributed by atoms with E-state index in [0.717, 1.165) is 17.2 Å². The molecule has 0 aromatic heterocycles. The lowest BCUT2D eigenvalue weighted by atomic mass is 10.2. The highest BCUT2D eigenvalue weighted by Gasteiger charge is 2.28. The van der Waals surface area contributed by atoms with Crippen LogP contribution in [0.3, 0.4) is 0 Å². The molecular weight excluding hydrogens is 472 g/mol. The number of hydrogen-bond acceptors (Lipinski definition) is 8. The van der Waals surface area contributed by atoms with Crippen LogP contribution in [0.4, 0.5) is 11.4 Å². The number of benzene rings is 3. The minimum atomic E-state index is -3.86. The lowest BCUT2D eigenvalue weighted by Gasteiger charge is -2.26. The van der Waals surface area contributed by atoms with Gasteiger partial charge in [-0.05, 0) is 35.4 Å². The molecule has 0 aliphatic carbocycles. The largest absolute Gasteiger partial charge is 0.489 e. The van der Waals surface area contributed by atoms with Crippen molar-refractivity contribution in [2.24, 2.45) is 5.10 Å². The average Bonchev–Trinajstić information content (AvgIpc) is 2.89. The van der Waals surface area contributed by atoms with Gasteiger partial charge in [0.25, 0.3) is 5.69 Å². The van der Waals surface area contributed by atoms with E-state index in [9.17, 15) is 18.5 Å². The van der Waals surface area contributed by atoms with Crippen molar-refractivity contribution in [1.82, 2.24) is 4.31 Å². The Morgan fingerprint density at radius 1 is 1.06 bits per heavy atom. The number of nitrogens with one attached hydrogen (secondary N) is 1. The SMILES string of the molecule is O=[N+]([O-])c1cc(S(=O)(=O)N2CCOCC2)ccc1NN=Cc1cccc(OCc2ccccc2)c1. The van der Waals surface area contributed by atoms with Crippen LogP contribution in [-0.4, -0.2) is 50.2 Å². The van der Waals surface area contributed by atoms with Crippen LogP contribution in [-0.2, 0) is 21.4 Å². The topological polar surface area (TPSA) is 123 Å². The minimum Gasteiger partial charge on any atom is -0.489 e. The van der Waals surface area contributed by atoms with E-state index in [1.54, 1.807) is 6.07 Å². The molecule has 1 aliphatic rings. The van der Waals surface area contributed by atoms with Gasteiger partial charge < -0.3 is 9.47 Å². The summed E-state index contributed by atoms with van der Waals surface area (Å²) >= 11 is 0. The number of rotatable bonds is 9. The predicted molar refractivity (Wildman–Crippen MR) is 131 cm³/mol. The molecule has 3 aromatic rings. The number of hydrogen-bond donors (Lipinski definition) is 1. The van der Waals surface area contributed by atoms with E-state index < -0.39 is 20.6 Å². The molecule has 1 saturated heterocycles. The first-order valence-corrected chi connectivity index (χ1v) is 12.3. The second-order valence-electron chi connectivity index (χ2n) is 7.67. The summed E-state index contributed by atoms with van der Waals surface area (Å²) in [4.78, 5) is 10.8. The Hall–Kier alpha value is -3.80. The number of anilines is 1. The summed E-state index contributed by atoms with van der Waals surface area (Å²) in [7, 11) is -3.86. The zero-order valence-electron chi connectivity index (χ0n) is 18.7. The quantitative estimate of drug-likeness (QED) is 0.272. The van der Waals surface area contributed by atoms with Crippen molar-refractivity contribution >= 4 is 27.6 Å². The molecule has 0 saturated carbocycles. The predicted octanol–water partition coefficient (Wildman–Crippen LogP) is 3.64. The number of nitrogens with zero attached hydrogens (tertiary/aromatic N) is 3. The van der Waals surface area contributed by atoms with Crippen LogP contribution < -0.4 is 10.2 Å². The number of morpholine rings is 1. The first kappa shape index (κ1) is 24.3. The maximum absolute atomic E-state index is 12.8. The maximum atomic E-state index is 12.8. The Labute approximate surface area is 203 Å². The molecule has 10 nitrogen and oxygen atoms in total. The lowest BCUT2D eigenvalue weighted by molar-refractivity contribution is -0.384. The highest BCUT2D eigenvalue weighted by atomic mass is 32.2. The number of ether oxygens (including phenoxy) is 2. The first-order chi connectivity index (χ1) is 16.9. The van der Waals surface area contributed by atoms with Gasteiger partial charge in [0.1, 0.15) is 18.0 Å². The summed E-state index contributed by atoms with van der Waals surface area (Å²) in [6, 6.07) is 20.7. The third-order valence-corrected chi connectivity index (χ3v) is 7.17. The van der Waals surface area contributed by atoms with E-state index in [1.807, 2.05) is 48.5 Å². The molecule has 1 fully saturated rings. The second kappa shape index (κ2) is 11.1. The summed E-state index contributed by atoms with van der Waals surface area (Å²) in [5.41, 5.74) is 4.08. The minimum absolute atomic E-state index is 0.0728. The second-order valence-corrected chi connectivity index (χ2v) is 9.61. The van der Waals surface area contributed by atoms with Crippen LogP contribution in [0.25, 0.3) is 0 Å². The fourth-order valence-corrected chi connectivity index (χ4v) is 4.88. The van der Waals surface area contributed by atoms with Crippen molar-refractivity contribution in [3.8, 4) is 5.75 Å². The third-order valence-electron chi connectivity index (χ3n) is 5.28. The molecular formula is C24H24N4O6S. The Bertz CT molecular complexity index is 1310. The Morgan fingerprint density at radius 3 is 2.57 bits per heavy atom. The first-order valence-electron chi connectivity index (χ1n) is 10.9. The molecule has 0 amide bonds. The van der Waals surface area contributed by atoms with E-state index >= 15 is 0 Å². The van der Waals surface area contributed by atoms with Crippen molar-refractivity contribution in [1.29, 1.82) is 0 Å². The molecule has 35 heavy (non-hydrogen) atoms. The van der Waals surface area contributed by atoms with E-state index in [2.05, 4.69) is 10.5 Å². The van der Waals surface area contributed by atoms with Crippen molar-refractivity contribution < 1.29 is 22.8 Å². The molecule has 3 aromatic carbocycles. The van der Waals surface area contributed by atoms with Crippen molar-refractivity contribution in [2.45, 2.75) is 11.5 Å². The Kier molecular flexibility index (Phi) is 7.70. The molecule has 182 valence electrons. The van der Waals surface area contributed by atoms with Crippen LogP contribution in [0.2, 0.25) is 0 Å². The molecule has 0 spiro atoms. The van der Waals surface area contributed by atoms with Crippen molar-refractivity contribution in [3.05, 3.63) is 94.0 Å². The van der Waals surface area contributed by atoms with Gasteiger partial charge in [0, 0.05) is 19.2 Å². The molecule has 11 heteroatoms. The summed E-state index contributed by atoms with van der Waals surface area (Å²) in [5.74, 6) is 0.654. The fourth-order valence-electron chi connectivity index (χ4n) is 3.46. The van der Waals surface area contributed by atoms with Gasteiger partial charge in [0.05, 0.1) is 29.2 Å². The fraction of sp³-hybridized carbons (Fsp3) is 0.208. The molecule has 0 radical (unpaired) electrons. The van der Waals surface area contributed by atoms with E-state index in [1.165, 1.54) is 22.7 Å². The Balaban J connectivity index is 1.45. The molecule has 1 heterocycles. The smallest absolute Gasteiger partial charge is 0.295 e. The van der Waals surface area contributed by atoms with Crippen molar-refractivity contribution in [3.63, 3.8) is 0 Å². The molecule has 1 aliphatic heterocycles. The van der Waals surface area contributed by atoms with Crippen molar-refractivity contribution in [2.75, 3.05) is 31.7 Å². The monoisotopic (exact) mass is 496 g/mol. The lowest BCUT2D eigenvalue weighted by Crippen LogP contribution is -2.40. The number of hydrazone groups is 1. The standard InChI is InChI=1S/C24H24N4O6S/c29-28(30)24-16-22(35(31,32)27-11-13-33-14-12-27)9-10-23(24)26-25-17-20-7-4-8-21(15-20)34-18-19-5-2-1-3-6-19/h1-10,15-17,26H,11-14,18H2. The van der Waals surface area contributed by atoms with Gasteiger partial charge in [0.15, 0.2) is 0 Å². The molecule has 1 N–H and O–H groups in total. The van der Waals surface area contributed by atoms with Gasteiger partial charge in [-0.25, -0.2) is 8.42 Å². The summed E-state index contributed by atoms with van der Waals surface area (Å²) < 4.78 is 37.9. The number of nitro benzene ring substituents is 1. The van der Waals surface area contributed by atoms with Gasteiger partial charge in [-0.3, -0.25) is 15.5 Å². The van der Waals surface area contributed by atoms with Gasteiger partial charge in [0.2, 0.25) is 10.0 Å². The zero-order chi connectivity index (χ0) is 24.7. The van der Waals surface area contributed by atoms with E-state index in [-0.39, 0.29) is 36.9 Å². The van der Waals surface area contributed by atoms with Crippen LogP contribution in [0.5, 0.6) is 5.75 Å². The van der Waals surface area contributed by atoms with Gasteiger partial charge in [-0.1, -0.05) is 42.5 Å². The van der Waals surface area contributed by atoms with Crippen LogP contribution in [0.15, 0.2) is 82.8 Å². The molecule has 0 atom stereocenters. The number of sulfonamides is 1. The maximum Gasteiger partial charge on any atom is 0.295 e. The molecule has 0 bridgehead atoms. The summed E-state index contributed by atoms with van der Waals surface area (Å²) in [6.07, 6.45) is 1.50.